The average Bonchev–Trinajstić information content (AvgIpc) is 3.19. The van der Waals surface area contributed by atoms with Gasteiger partial charge in [-0.1, -0.05) is 23.9 Å². The summed E-state index contributed by atoms with van der Waals surface area (Å²) in [5.41, 5.74) is 0.833. The van der Waals surface area contributed by atoms with Crippen LogP contribution in [0.15, 0.2) is 71.9 Å². The van der Waals surface area contributed by atoms with Gasteiger partial charge < -0.3 is 10.1 Å². The number of amides is 1. The minimum Gasteiger partial charge on any atom is -0.495 e. The second-order valence-electron chi connectivity index (χ2n) is 7.24. The van der Waals surface area contributed by atoms with Gasteiger partial charge in [0, 0.05) is 17.8 Å². The molecule has 1 amide bonds. The van der Waals surface area contributed by atoms with Crippen LogP contribution in [0.1, 0.15) is 5.56 Å². The number of carbonyl (C=O) groups is 1. The first-order chi connectivity index (χ1) is 16.7. The van der Waals surface area contributed by atoms with Gasteiger partial charge in [-0.05, 0) is 42.5 Å². The normalized spacial score (nSPS) is 11.4. The molecule has 0 spiro atoms. The number of nitrogens with one attached hydrogen (secondary N) is 1. The van der Waals surface area contributed by atoms with E-state index in [-0.39, 0.29) is 17.1 Å². The van der Waals surface area contributed by atoms with E-state index in [1.165, 1.54) is 31.4 Å². The molecule has 8 nitrogen and oxygen atoms in total. The molecule has 0 aliphatic heterocycles. The summed E-state index contributed by atoms with van der Waals surface area (Å²) in [6, 6.07) is 15.5. The minimum absolute atomic E-state index is 0.110. The van der Waals surface area contributed by atoms with E-state index in [0.717, 1.165) is 23.9 Å². The van der Waals surface area contributed by atoms with Crippen molar-refractivity contribution in [2.24, 2.45) is 0 Å². The monoisotopic (exact) mass is 502 g/mol. The Morgan fingerprint density at radius 2 is 1.86 bits per heavy atom. The molecule has 4 aromatic rings. The molecule has 0 bridgehead atoms. The molecule has 180 valence electrons. The van der Waals surface area contributed by atoms with Crippen LogP contribution in [-0.2, 0) is 11.0 Å². The summed E-state index contributed by atoms with van der Waals surface area (Å²) in [5, 5.41) is 14.1. The number of nitro groups is 1. The van der Waals surface area contributed by atoms with Crippen LogP contribution in [0, 0.1) is 10.1 Å². The lowest BCUT2D eigenvalue weighted by Crippen LogP contribution is -2.15. The first-order valence-corrected chi connectivity index (χ1v) is 11.1. The number of imidazole rings is 1. The molecule has 0 aliphatic rings. The molecule has 1 heterocycles. The van der Waals surface area contributed by atoms with Crippen LogP contribution >= 0.6 is 11.8 Å². The van der Waals surface area contributed by atoms with E-state index in [1.807, 2.05) is 0 Å². The van der Waals surface area contributed by atoms with Gasteiger partial charge in [-0.2, -0.15) is 13.2 Å². The van der Waals surface area contributed by atoms with E-state index in [4.69, 9.17) is 4.74 Å². The molecule has 0 fully saturated rings. The molecule has 3 aromatic carbocycles. The van der Waals surface area contributed by atoms with Crippen LogP contribution in [0.5, 0.6) is 5.75 Å². The Morgan fingerprint density at radius 3 is 2.51 bits per heavy atom. The molecule has 1 aromatic heterocycles. The van der Waals surface area contributed by atoms with Crippen molar-refractivity contribution in [2.45, 2.75) is 11.3 Å². The lowest BCUT2D eigenvalue weighted by Gasteiger charge is -2.13. The highest BCUT2D eigenvalue weighted by Gasteiger charge is 2.30. The van der Waals surface area contributed by atoms with Crippen molar-refractivity contribution < 1.29 is 27.6 Å². The maximum absolute atomic E-state index is 12.7. The molecule has 0 unspecified atom stereocenters. The van der Waals surface area contributed by atoms with E-state index in [2.05, 4.69) is 10.3 Å². The number of nitrogens with zero attached hydrogens (tertiary/aromatic N) is 3. The standard InChI is InChI=1S/C23H17F3N4O4S/c1-34-20-5-3-2-4-19(20)29-18-11-10-16(30(32)33)12-17(18)28-22(29)35-13-21(31)27-15-8-6-14(7-9-15)23(24,25)26/h2-12H,13H2,1H3,(H,27,31). The van der Waals surface area contributed by atoms with Gasteiger partial charge in [-0.3, -0.25) is 19.5 Å². The zero-order valence-electron chi connectivity index (χ0n) is 18.1. The number of anilines is 1. The third-order valence-corrected chi connectivity index (χ3v) is 5.91. The van der Waals surface area contributed by atoms with Crippen LogP contribution in [-0.4, -0.2) is 33.2 Å². The highest BCUT2D eigenvalue weighted by Crippen LogP contribution is 2.34. The topological polar surface area (TPSA) is 99.3 Å². The second-order valence-corrected chi connectivity index (χ2v) is 8.19. The van der Waals surface area contributed by atoms with Crippen molar-refractivity contribution in [3.63, 3.8) is 0 Å². The molecule has 0 saturated heterocycles. The largest absolute Gasteiger partial charge is 0.495 e. The molecule has 4 rings (SSSR count). The van der Waals surface area contributed by atoms with Crippen molar-refractivity contribution in [1.29, 1.82) is 0 Å². The van der Waals surface area contributed by atoms with Gasteiger partial charge in [0.15, 0.2) is 5.16 Å². The van der Waals surface area contributed by atoms with Crippen LogP contribution < -0.4 is 10.1 Å². The smallest absolute Gasteiger partial charge is 0.416 e. The molecule has 1 N–H and O–H groups in total. The number of ether oxygens (including phenoxy) is 1. The van der Waals surface area contributed by atoms with Crippen LogP contribution in [0.25, 0.3) is 16.7 Å². The van der Waals surface area contributed by atoms with Gasteiger partial charge in [0.05, 0.1) is 40.1 Å². The van der Waals surface area contributed by atoms with Crippen LogP contribution in [0.2, 0.25) is 0 Å². The molecular weight excluding hydrogens is 485 g/mol. The third kappa shape index (κ3) is 5.22. The summed E-state index contributed by atoms with van der Waals surface area (Å²) in [4.78, 5) is 27.7. The molecule has 0 aliphatic carbocycles. The fourth-order valence-corrected chi connectivity index (χ4v) is 4.20. The average molecular weight is 502 g/mol. The zero-order valence-corrected chi connectivity index (χ0v) is 18.9. The maximum Gasteiger partial charge on any atom is 0.416 e. The Labute approximate surface area is 200 Å². The molecular formula is C23H17F3N4O4S. The fourth-order valence-electron chi connectivity index (χ4n) is 3.37. The summed E-state index contributed by atoms with van der Waals surface area (Å²) in [5.74, 6) is -0.0396. The number of hydrogen-bond acceptors (Lipinski definition) is 6. The number of hydrogen-bond donors (Lipinski definition) is 1. The van der Waals surface area contributed by atoms with Crippen molar-refractivity contribution in [3.05, 3.63) is 82.4 Å². The number of methoxy groups -OCH3 is 1. The molecule has 35 heavy (non-hydrogen) atoms. The number of fused-ring (bicyclic) bond motifs is 1. The number of rotatable bonds is 7. The van der Waals surface area contributed by atoms with Crippen molar-refractivity contribution in [3.8, 4) is 11.4 Å². The number of benzene rings is 3. The van der Waals surface area contributed by atoms with Gasteiger partial charge in [-0.15, -0.1) is 0 Å². The predicted molar refractivity (Wildman–Crippen MR) is 125 cm³/mol. The highest BCUT2D eigenvalue weighted by molar-refractivity contribution is 7.99. The SMILES string of the molecule is COc1ccccc1-n1c(SCC(=O)Nc2ccc(C(F)(F)F)cc2)nc2cc([N+](=O)[O-])ccc21. The lowest BCUT2D eigenvalue weighted by molar-refractivity contribution is -0.384. The Hall–Kier alpha value is -4.06. The van der Waals surface area contributed by atoms with Crippen molar-refractivity contribution in [1.82, 2.24) is 9.55 Å². The van der Waals surface area contributed by atoms with Gasteiger partial charge in [0.2, 0.25) is 5.91 Å². The van der Waals surface area contributed by atoms with Gasteiger partial charge >= 0.3 is 6.18 Å². The van der Waals surface area contributed by atoms with Crippen molar-refractivity contribution >= 4 is 40.1 Å². The van der Waals surface area contributed by atoms with Gasteiger partial charge in [0.25, 0.3) is 5.69 Å². The summed E-state index contributed by atoms with van der Waals surface area (Å²) < 4.78 is 45.4. The first kappa shape index (κ1) is 24.1. The fraction of sp³-hybridized carbons (Fsp3) is 0.130. The van der Waals surface area contributed by atoms with Crippen LogP contribution in [0.4, 0.5) is 24.5 Å². The number of para-hydroxylation sites is 2. The van der Waals surface area contributed by atoms with E-state index >= 15 is 0 Å². The second kappa shape index (κ2) is 9.66. The predicted octanol–water partition coefficient (Wildman–Crippen LogP) is 5.69. The number of halogens is 3. The zero-order chi connectivity index (χ0) is 25.2. The maximum atomic E-state index is 12.7. The Bertz CT molecular complexity index is 1400. The lowest BCUT2D eigenvalue weighted by atomic mass is 10.2. The summed E-state index contributed by atoms with van der Waals surface area (Å²) in [6.07, 6.45) is -4.47. The van der Waals surface area contributed by atoms with Crippen LogP contribution in [0.3, 0.4) is 0 Å². The molecule has 0 saturated carbocycles. The molecule has 0 radical (unpaired) electrons. The van der Waals surface area contributed by atoms with Crippen molar-refractivity contribution in [2.75, 3.05) is 18.2 Å². The minimum atomic E-state index is -4.47. The first-order valence-electron chi connectivity index (χ1n) is 10.1. The Morgan fingerprint density at radius 1 is 1.14 bits per heavy atom. The number of carbonyl (C=O) groups excluding carboxylic acids is 1. The molecule has 0 atom stereocenters. The number of nitro benzene ring substituents is 1. The van der Waals surface area contributed by atoms with E-state index in [1.54, 1.807) is 34.9 Å². The summed E-state index contributed by atoms with van der Waals surface area (Å²) in [6.45, 7) is 0. The number of aromatic nitrogens is 2. The number of alkyl halides is 3. The quantitative estimate of drug-likeness (QED) is 0.198. The summed E-state index contributed by atoms with van der Waals surface area (Å²) in [7, 11) is 1.51. The number of thioether (sulfide) groups is 1. The van der Waals surface area contributed by atoms with Gasteiger partial charge in [0.1, 0.15) is 5.75 Å². The summed E-state index contributed by atoms with van der Waals surface area (Å²) >= 11 is 1.07. The molecule has 12 heteroatoms. The van der Waals surface area contributed by atoms with E-state index in [9.17, 15) is 28.1 Å². The Kier molecular flexibility index (Phi) is 6.65. The van der Waals surface area contributed by atoms with E-state index in [0.29, 0.717) is 27.6 Å². The Balaban J connectivity index is 1.61. The highest BCUT2D eigenvalue weighted by atomic mass is 32.2. The van der Waals surface area contributed by atoms with Gasteiger partial charge in [-0.25, -0.2) is 4.98 Å². The number of non-ortho nitro benzene ring substituents is 1. The van der Waals surface area contributed by atoms with E-state index < -0.39 is 22.6 Å². The third-order valence-electron chi connectivity index (χ3n) is 4.97.